The van der Waals surface area contributed by atoms with Crippen LogP contribution in [0.15, 0.2) is 48.8 Å². The minimum Gasteiger partial charge on any atom is -0.385 e. The fraction of sp³-hybridized carbons (Fsp3) is 0.452. The fourth-order valence-corrected chi connectivity index (χ4v) is 6.80. The number of carbonyl (C=O) groups excluding carboxylic acids is 1. The molecule has 3 aromatic rings. The van der Waals surface area contributed by atoms with Crippen LogP contribution in [0.1, 0.15) is 65.5 Å². The summed E-state index contributed by atoms with van der Waals surface area (Å²) < 4.78 is 29.2. The van der Waals surface area contributed by atoms with Crippen LogP contribution >= 0.6 is 23.2 Å². The number of rotatable bonds is 8. The summed E-state index contributed by atoms with van der Waals surface area (Å²) in [5, 5.41) is 16.1. The molecule has 2 saturated heterocycles. The van der Waals surface area contributed by atoms with Gasteiger partial charge in [-0.15, -0.1) is 0 Å². The maximum absolute atomic E-state index is 16.8. The van der Waals surface area contributed by atoms with Gasteiger partial charge in [0.25, 0.3) is 5.91 Å². The van der Waals surface area contributed by atoms with Crippen LogP contribution < -0.4 is 5.32 Å². The van der Waals surface area contributed by atoms with Crippen molar-refractivity contribution >= 4 is 29.1 Å². The molecule has 11 heteroatoms. The molecule has 1 aromatic heterocycles. The molecule has 0 aliphatic carbocycles. The summed E-state index contributed by atoms with van der Waals surface area (Å²) in [6.45, 7) is 4.14. The molecule has 4 heterocycles. The Bertz CT molecular complexity index is 1450. The number of benzene rings is 2. The summed E-state index contributed by atoms with van der Waals surface area (Å²) in [4.78, 5) is 24.5. The molecule has 0 saturated carbocycles. The van der Waals surface area contributed by atoms with Crippen LogP contribution in [0.25, 0.3) is 0 Å². The van der Waals surface area contributed by atoms with Crippen molar-refractivity contribution in [2.75, 3.05) is 26.3 Å². The first-order valence-electron chi connectivity index (χ1n) is 14.3. The van der Waals surface area contributed by atoms with E-state index in [9.17, 15) is 9.90 Å². The first kappa shape index (κ1) is 29.4. The Morgan fingerprint density at radius 2 is 1.86 bits per heavy atom. The van der Waals surface area contributed by atoms with E-state index in [2.05, 4.69) is 15.3 Å². The van der Waals surface area contributed by atoms with Crippen LogP contribution in [0.2, 0.25) is 10.0 Å². The number of halogens is 3. The van der Waals surface area contributed by atoms with Crippen molar-refractivity contribution in [2.24, 2.45) is 5.92 Å². The number of nitrogens with zero attached hydrogens (tertiary/aromatic N) is 3. The van der Waals surface area contributed by atoms with Crippen molar-refractivity contribution in [1.29, 1.82) is 0 Å². The van der Waals surface area contributed by atoms with Gasteiger partial charge in [-0.1, -0.05) is 42.3 Å². The fourth-order valence-electron chi connectivity index (χ4n) is 6.58. The average molecular weight is 616 g/mol. The second-order valence-corrected chi connectivity index (χ2v) is 12.0. The lowest BCUT2D eigenvalue weighted by Gasteiger charge is -2.41. The monoisotopic (exact) mass is 614 g/mol. The number of hydrogen-bond donors (Lipinski definition) is 2. The van der Waals surface area contributed by atoms with Gasteiger partial charge in [0.2, 0.25) is 5.72 Å². The third kappa shape index (κ3) is 5.10. The highest BCUT2D eigenvalue weighted by Gasteiger charge is 2.56. The zero-order valence-corrected chi connectivity index (χ0v) is 24.8. The van der Waals surface area contributed by atoms with E-state index < -0.39 is 29.2 Å². The number of hydrogen-bond acceptors (Lipinski definition) is 7. The Hall–Kier alpha value is -2.66. The Kier molecular flexibility index (Phi) is 8.26. The topological polar surface area (TPSA) is 96.8 Å². The van der Waals surface area contributed by atoms with E-state index in [-0.39, 0.29) is 23.6 Å². The zero-order chi connectivity index (χ0) is 29.5. The number of fused-ring (bicyclic) bond motifs is 1. The summed E-state index contributed by atoms with van der Waals surface area (Å²) in [7, 11) is 0. The van der Waals surface area contributed by atoms with Crippen molar-refractivity contribution in [3.05, 3.63) is 92.7 Å². The molecule has 1 amide bonds. The molecule has 222 valence electrons. The van der Waals surface area contributed by atoms with Crippen LogP contribution in [0.4, 0.5) is 4.39 Å². The zero-order valence-electron chi connectivity index (χ0n) is 23.3. The molecule has 3 aliphatic rings. The maximum atomic E-state index is 16.8. The SMILES string of the molecule is CC[C@@](O)(c1cc(F)c2c(c1)C(=O)N(Cc1ncc(Cl)cn1)[C@@]2(O[C@H]1CCOC1)c1ccc(Cl)cc1)C1CCNCC1. The van der Waals surface area contributed by atoms with E-state index in [1.807, 2.05) is 6.92 Å². The Balaban J connectivity index is 1.55. The second kappa shape index (κ2) is 11.8. The van der Waals surface area contributed by atoms with Gasteiger partial charge in [-0.25, -0.2) is 14.4 Å². The molecule has 0 unspecified atom stereocenters. The highest BCUT2D eigenvalue weighted by molar-refractivity contribution is 6.30. The predicted molar refractivity (Wildman–Crippen MR) is 156 cm³/mol. The molecule has 2 fully saturated rings. The third-order valence-corrected chi connectivity index (χ3v) is 9.22. The lowest BCUT2D eigenvalue weighted by molar-refractivity contribution is -0.149. The average Bonchev–Trinajstić information content (AvgIpc) is 3.60. The number of ether oxygens (including phenoxy) is 2. The first-order valence-corrected chi connectivity index (χ1v) is 15.1. The Labute approximate surface area is 254 Å². The summed E-state index contributed by atoms with van der Waals surface area (Å²) in [5.74, 6) is -0.860. The normalized spacial score (nSPS) is 24.2. The third-order valence-electron chi connectivity index (χ3n) is 8.77. The molecule has 42 heavy (non-hydrogen) atoms. The summed E-state index contributed by atoms with van der Waals surface area (Å²) in [5.41, 5.74) is -1.83. The molecule has 0 bridgehead atoms. The first-order chi connectivity index (χ1) is 20.3. The molecule has 3 aliphatic heterocycles. The number of nitrogens with one attached hydrogen (secondary N) is 1. The van der Waals surface area contributed by atoms with Crippen molar-refractivity contribution in [1.82, 2.24) is 20.2 Å². The molecule has 3 atom stereocenters. The van der Waals surface area contributed by atoms with Crippen molar-refractivity contribution in [3.63, 3.8) is 0 Å². The highest BCUT2D eigenvalue weighted by atomic mass is 35.5. The lowest BCUT2D eigenvalue weighted by Crippen LogP contribution is -2.49. The molecule has 2 N–H and O–H groups in total. The van der Waals surface area contributed by atoms with Crippen molar-refractivity contribution in [3.8, 4) is 0 Å². The van der Waals surface area contributed by atoms with Gasteiger partial charge in [0.1, 0.15) is 11.6 Å². The van der Waals surface area contributed by atoms with Crippen molar-refractivity contribution < 1.29 is 23.8 Å². The minimum absolute atomic E-state index is 0.0795. The number of piperidine rings is 1. The van der Waals surface area contributed by atoms with Gasteiger partial charge in [-0.2, -0.15) is 0 Å². The van der Waals surface area contributed by atoms with Crippen LogP contribution in [-0.2, 0) is 27.3 Å². The smallest absolute Gasteiger partial charge is 0.257 e. The number of amides is 1. The Morgan fingerprint density at radius 1 is 1.14 bits per heavy atom. The second-order valence-electron chi connectivity index (χ2n) is 11.1. The number of aliphatic hydroxyl groups is 1. The van der Waals surface area contributed by atoms with Gasteiger partial charge in [0, 0.05) is 29.6 Å². The standard InChI is InChI=1S/C31H33Cl2FN4O4/c1-2-30(40,19-7-10-35-11-8-19)21-13-25-28(26(34)14-21)31(42-24-9-12-41-18-24,20-3-5-22(32)6-4-20)38(29(25)39)17-27-36-15-23(33)16-37-27/h3-6,13-16,19,24,35,40H,2,7-12,17-18H2,1H3/t24-,30-,31+/m0/s1. The Morgan fingerprint density at radius 3 is 2.50 bits per heavy atom. The van der Waals surface area contributed by atoms with Gasteiger partial charge < -0.3 is 19.9 Å². The van der Waals surface area contributed by atoms with Crippen molar-refractivity contribution in [2.45, 2.75) is 56.6 Å². The summed E-state index contributed by atoms with van der Waals surface area (Å²) in [6.07, 6.45) is 4.94. The summed E-state index contributed by atoms with van der Waals surface area (Å²) in [6, 6.07) is 9.87. The van der Waals surface area contributed by atoms with E-state index >= 15 is 4.39 Å². The largest absolute Gasteiger partial charge is 0.385 e. The lowest BCUT2D eigenvalue weighted by atomic mass is 9.74. The van der Waals surface area contributed by atoms with Gasteiger partial charge in [0.15, 0.2) is 0 Å². The van der Waals surface area contributed by atoms with Crippen LogP contribution in [0.5, 0.6) is 0 Å². The molecular weight excluding hydrogens is 582 g/mol. The molecular formula is C31H33Cl2FN4O4. The predicted octanol–water partition coefficient (Wildman–Crippen LogP) is 5.18. The minimum atomic E-state index is -1.67. The van der Waals surface area contributed by atoms with Gasteiger partial charge in [-0.05, 0) is 74.5 Å². The van der Waals surface area contributed by atoms with Gasteiger partial charge in [0.05, 0.1) is 41.0 Å². The molecule has 0 spiro atoms. The quantitative estimate of drug-likeness (QED) is 0.361. The summed E-state index contributed by atoms with van der Waals surface area (Å²) >= 11 is 12.3. The molecule has 8 nitrogen and oxygen atoms in total. The highest BCUT2D eigenvalue weighted by Crippen LogP contribution is 2.50. The van der Waals surface area contributed by atoms with E-state index in [0.717, 1.165) is 25.9 Å². The van der Waals surface area contributed by atoms with E-state index in [1.165, 1.54) is 23.4 Å². The molecule has 6 rings (SSSR count). The number of carbonyl (C=O) groups is 1. The van der Waals surface area contributed by atoms with E-state index in [1.54, 1.807) is 30.3 Å². The van der Waals surface area contributed by atoms with Crippen LogP contribution in [0, 0.1) is 11.7 Å². The number of aromatic nitrogens is 2. The van der Waals surface area contributed by atoms with E-state index in [4.69, 9.17) is 32.7 Å². The van der Waals surface area contributed by atoms with Gasteiger partial charge in [-0.3, -0.25) is 9.69 Å². The molecule has 0 radical (unpaired) electrons. The maximum Gasteiger partial charge on any atom is 0.257 e. The van der Waals surface area contributed by atoms with Crippen LogP contribution in [-0.4, -0.2) is 58.3 Å². The van der Waals surface area contributed by atoms with Gasteiger partial charge >= 0.3 is 0 Å². The van der Waals surface area contributed by atoms with Crippen LogP contribution in [0.3, 0.4) is 0 Å². The van der Waals surface area contributed by atoms with E-state index in [0.29, 0.717) is 53.1 Å². The molecule has 2 aromatic carbocycles.